The van der Waals surface area contributed by atoms with Gasteiger partial charge in [0, 0.05) is 28.5 Å². The second-order valence-electron chi connectivity index (χ2n) is 11.2. The normalized spacial score (nSPS) is 13.5. The van der Waals surface area contributed by atoms with E-state index in [2.05, 4.69) is 82.7 Å². The van der Waals surface area contributed by atoms with Gasteiger partial charge in [0.25, 0.3) is 0 Å². The van der Waals surface area contributed by atoms with Crippen LogP contribution < -0.4 is 0 Å². The van der Waals surface area contributed by atoms with Crippen molar-refractivity contribution in [3.05, 3.63) is 69.3 Å². The van der Waals surface area contributed by atoms with Crippen LogP contribution in [0.4, 0.5) is 0 Å². The first kappa shape index (κ1) is 27.6. The van der Waals surface area contributed by atoms with Gasteiger partial charge in [0.2, 0.25) is 0 Å². The second kappa shape index (κ2) is 10.9. The number of rotatable bonds is 7. The Balaban J connectivity index is 1.92. The Morgan fingerprint density at radius 2 is 1.25 bits per heavy atom. The number of H-pyrrole nitrogens is 2. The number of fused-ring (bicyclic) bond motifs is 8. The predicted octanol–water partition coefficient (Wildman–Crippen LogP) is 8.58. The van der Waals surface area contributed by atoms with Gasteiger partial charge in [-0.3, -0.25) is 4.79 Å². The minimum atomic E-state index is -0.795. The van der Waals surface area contributed by atoms with Crippen LogP contribution in [0.5, 0.6) is 0 Å². The maximum atomic E-state index is 11.5. The standard InChI is InChI=1S/C34H40N4O2/c1-8-10-11-24-21(6)30-15-28-20(5)23(9-2)31(36-28)17-33-25(12-13-34(39)40)22(7)29(38-33)14-26-18(3)19(4)27(35-26)16-32(24)37-30/h14-17,36,38H,8-13H2,1-7H3,(H,39,40). The number of nitrogens with one attached hydrogen (secondary N) is 2. The van der Waals surface area contributed by atoms with E-state index in [0.717, 1.165) is 92.8 Å². The number of aromatic nitrogens is 4. The highest BCUT2D eigenvalue weighted by Crippen LogP contribution is 2.36. The van der Waals surface area contributed by atoms with Crippen LogP contribution in [0.3, 0.4) is 0 Å². The van der Waals surface area contributed by atoms with Crippen LogP contribution in [0.1, 0.15) is 105 Å². The summed E-state index contributed by atoms with van der Waals surface area (Å²) < 4.78 is 0. The highest BCUT2D eigenvalue weighted by Gasteiger charge is 2.20. The fourth-order valence-corrected chi connectivity index (χ4v) is 5.97. The van der Waals surface area contributed by atoms with Crippen LogP contribution in [0.15, 0.2) is 24.3 Å². The molecule has 3 aromatic rings. The summed E-state index contributed by atoms with van der Waals surface area (Å²) in [5, 5.41) is 9.44. The van der Waals surface area contributed by atoms with Gasteiger partial charge in [0.1, 0.15) is 0 Å². The van der Waals surface area contributed by atoms with Crippen LogP contribution in [-0.2, 0) is 17.6 Å². The molecule has 6 nitrogen and oxygen atoms in total. The summed E-state index contributed by atoms with van der Waals surface area (Å²) >= 11 is 0. The van der Waals surface area contributed by atoms with Gasteiger partial charge in [-0.25, -0.2) is 9.97 Å². The summed E-state index contributed by atoms with van der Waals surface area (Å²) in [7, 11) is 0. The highest BCUT2D eigenvalue weighted by molar-refractivity contribution is 5.95. The number of carbonyl (C=O) groups is 1. The molecule has 0 unspecified atom stereocenters. The molecule has 2 aliphatic heterocycles. The van der Waals surface area contributed by atoms with Gasteiger partial charge in [0.05, 0.1) is 22.8 Å². The Morgan fingerprint density at radius 3 is 1.85 bits per heavy atom. The Labute approximate surface area is 236 Å². The molecule has 0 fully saturated rings. The van der Waals surface area contributed by atoms with Crippen molar-refractivity contribution in [1.29, 1.82) is 0 Å². The number of nitrogens with zero attached hydrogens (tertiary/aromatic N) is 2. The van der Waals surface area contributed by atoms with E-state index in [1.165, 1.54) is 22.3 Å². The largest absolute Gasteiger partial charge is 0.481 e. The molecule has 0 aliphatic carbocycles. The average molecular weight is 537 g/mol. The van der Waals surface area contributed by atoms with Crippen LogP contribution in [0, 0.1) is 13.8 Å². The lowest BCUT2D eigenvalue weighted by Gasteiger charge is -2.03. The van der Waals surface area contributed by atoms with Gasteiger partial charge in [-0.1, -0.05) is 20.3 Å². The first-order valence-electron chi connectivity index (χ1n) is 14.5. The monoisotopic (exact) mass is 536 g/mol. The van der Waals surface area contributed by atoms with Crippen molar-refractivity contribution in [3.63, 3.8) is 0 Å². The molecule has 208 valence electrons. The lowest BCUT2D eigenvalue weighted by molar-refractivity contribution is -0.136. The topological polar surface area (TPSA) is 94.7 Å². The predicted molar refractivity (Wildman–Crippen MR) is 166 cm³/mol. The van der Waals surface area contributed by atoms with E-state index >= 15 is 0 Å². The summed E-state index contributed by atoms with van der Waals surface area (Å²) in [5.41, 5.74) is 17.3. The molecule has 2 aliphatic rings. The fraction of sp³-hybridized carbons (Fsp3) is 0.382. The zero-order chi connectivity index (χ0) is 28.7. The Morgan fingerprint density at radius 1 is 0.700 bits per heavy atom. The number of carboxylic acids is 1. The average Bonchev–Trinajstić information content (AvgIpc) is 3.56. The molecule has 5 rings (SSSR count). The van der Waals surface area contributed by atoms with E-state index in [0.29, 0.717) is 6.42 Å². The van der Waals surface area contributed by atoms with Gasteiger partial charge in [-0.15, -0.1) is 0 Å². The van der Waals surface area contributed by atoms with Crippen molar-refractivity contribution >= 4 is 50.3 Å². The molecule has 0 atom stereocenters. The first-order chi connectivity index (χ1) is 19.1. The van der Waals surface area contributed by atoms with Crippen molar-refractivity contribution in [3.8, 4) is 0 Å². The summed E-state index contributed by atoms with van der Waals surface area (Å²) in [6.07, 6.45) is 4.69. The van der Waals surface area contributed by atoms with Gasteiger partial charge in [0.15, 0.2) is 0 Å². The van der Waals surface area contributed by atoms with E-state index in [4.69, 9.17) is 9.97 Å². The number of aryl methyl sites for hydroxylation is 4. The molecule has 0 radical (unpaired) electrons. The molecule has 6 heteroatoms. The molecular weight excluding hydrogens is 496 g/mol. The third kappa shape index (κ3) is 4.91. The molecule has 0 aromatic carbocycles. The molecule has 0 spiro atoms. The van der Waals surface area contributed by atoms with Crippen molar-refractivity contribution in [2.75, 3.05) is 0 Å². The highest BCUT2D eigenvalue weighted by atomic mass is 16.4. The number of aromatic amines is 2. The van der Waals surface area contributed by atoms with Crippen molar-refractivity contribution in [1.82, 2.24) is 19.9 Å². The second-order valence-corrected chi connectivity index (χ2v) is 11.2. The summed E-state index contributed by atoms with van der Waals surface area (Å²) in [6, 6.07) is 8.60. The molecule has 8 bridgehead atoms. The number of hydrogen-bond acceptors (Lipinski definition) is 3. The molecule has 40 heavy (non-hydrogen) atoms. The van der Waals surface area contributed by atoms with E-state index in [-0.39, 0.29) is 6.42 Å². The SMILES string of the molecule is CCCCC1=C(C)c2cc3[nH]c(cc4[nH]c(cc5nc(cc1n2)C(C)=C5C)c(C)c4CCC(=O)O)c(CC)c3C. The number of hydrogen-bond donors (Lipinski definition) is 3. The molecule has 5 heterocycles. The van der Waals surface area contributed by atoms with E-state index < -0.39 is 5.97 Å². The van der Waals surface area contributed by atoms with Crippen molar-refractivity contribution in [2.45, 2.75) is 87.0 Å². The van der Waals surface area contributed by atoms with Gasteiger partial charge in [-0.05, 0) is 129 Å². The third-order valence-corrected chi connectivity index (χ3v) is 8.71. The lowest BCUT2D eigenvalue weighted by Crippen LogP contribution is -1.97. The maximum Gasteiger partial charge on any atom is 0.303 e. The maximum absolute atomic E-state index is 11.5. The van der Waals surface area contributed by atoms with Crippen LogP contribution in [0.2, 0.25) is 0 Å². The molecule has 0 amide bonds. The minimum Gasteiger partial charge on any atom is -0.481 e. The molecule has 0 saturated heterocycles. The number of carboxylic acid groups (broad SMARTS) is 1. The van der Waals surface area contributed by atoms with Gasteiger partial charge >= 0.3 is 5.97 Å². The van der Waals surface area contributed by atoms with Gasteiger partial charge < -0.3 is 15.1 Å². The van der Waals surface area contributed by atoms with Crippen molar-refractivity contribution < 1.29 is 9.90 Å². The van der Waals surface area contributed by atoms with E-state index in [1.807, 2.05) is 0 Å². The van der Waals surface area contributed by atoms with E-state index in [1.54, 1.807) is 0 Å². The zero-order valence-corrected chi connectivity index (χ0v) is 24.8. The number of aliphatic carboxylic acids is 1. The Bertz CT molecular complexity index is 1750. The van der Waals surface area contributed by atoms with Crippen LogP contribution in [-0.4, -0.2) is 31.0 Å². The quantitative estimate of drug-likeness (QED) is 0.282. The summed E-state index contributed by atoms with van der Waals surface area (Å²) in [5.74, 6) is -0.795. The minimum absolute atomic E-state index is 0.0820. The lowest BCUT2D eigenvalue weighted by atomic mass is 9.99. The molecule has 3 aromatic heterocycles. The first-order valence-corrected chi connectivity index (χ1v) is 14.5. The Kier molecular flexibility index (Phi) is 7.54. The molecule has 3 N–H and O–H groups in total. The Hall–Kier alpha value is -3.93. The summed E-state index contributed by atoms with van der Waals surface area (Å²) in [4.78, 5) is 29.0. The van der Waals surface area contributed by atoms with Gasteiger partial charge in [-0.2, -0.15) is 0 Å². The van der Waals surface area contributed by atoms with E-state index in [9.17, 15) is 9.90 Å². The fourth-order valence-electron chi connectivity index (χ4n) is 5.97. The zero-order valence-electron chi connectivity index (χ0n) is 24.8. The summed E-state index contributed by atoms with van der Waals surface area (Å²) in [6.45, 7) is 15.1. The third-order valence-electron chi connectivity index (χ3n) is 8.71. The van der Waals surface area contributed by atoms with Crippen LogP contribution >= 0.6 is 0 Å². The molecule has 0 saturated carbocycles. The van der Waals surface area contributed by atoms with Crippen LogP contribution in [0.25, 0.3) is 44.4 Å². The number of unbranched alkanes of at least 4 members (excludes halogenated alkanes) is 1. The number of allylic oxidation sites excluding steroid dienone is 4. The molecular formula is C34H40N4O2. The smallest absolute Gasteiger partial charge is 0.303 e. The van der Waals surface area contributed by atoms with Crippen molar-refractivity contribution in [2.24, 2.45) is 0 Å².